The molecule has 1 fully saturated rings. The van der Waals surface area contributed by atoms with Crippen molar-refractivity contribution in [1.82, 2.24) is 29.9 Å². The maximum absolute atomic E-state index is 12.5. The normalized spacial score (nSPS) is 16.6. The number of aromatic nitrogens is 5. The van der Waals surface area contributed by atoms with E-state index in [1.165, 1.54) is 0 Å². The lowest BCUT2D eigenvalue weighted by Gasteiger charge is -2.32. The van der Waals surface area contributed by atoms with Crippen LogP contribution in [-0.2, 0) is 17.9 Å². The van der Waals surface area contributed by atoms with Crippen molar-refractivity contribution in [2.45, 2.75) is 45.2 Å². The third-order valence-electron chi connectivity index (χ3n) is 6.13. The fraction of sp³-hybridized carbons (Fsp3) is 0.409. The molecule has 8 nitrogen and oxygen atoms in total. The van der Waals surface area contributed by atoms with E-state index in [9.17, 15) is 4.79 Å². The van der Waals surface area contributed by atoms with Gasteiger partial charge in [0.05, 0.1) is 12.2 Å². The Hall–Kier alpha value is -3.00. The first-order valence-corrected chi connectivity index (χ1v) is 11.0. The molecular formula is C22H24ClN7O. The number of hydrogen-bond acceptors (Lipinski definition) is 6. The molecule has 0 bridgehead atoms. The summed E-state index contributed by atoms with van der Waals surface area (Å²) in [5.41, 5.74) is 2.04. The average molecular weight is 438 g/mol. The fourth-order valence-electron chi connectivity index (χ4n) is 4.52. The molecule has 2 aliphatic heterocycles. The van der Waals surface area contributed by atoms with Crippen LogP contribution >= 0.6 is 11.6 Å². The highest BCUT2D eigenvalue weighted by Gasteiger charge is 2.31. The summed E-state index contributed by atoms with van der Waals surface area (Å²) < 4.78 is 2.15. The fourth-order valence-corrected chi connectivity index (χ4v) is 4.71. The third-order valence-corrected chi connectivity index (χ3v) is 6.36. The van der Waals surface area contributed by atoms with E-state index in [2.05, 4.69) is 29.9 Å². The van der Waals surface area contributed by atoms with Crippen molar-refractivity contribution in [2.24, 2.45) is 0 Å². The van der Waals surface area contributed by atoms with Crippen LogP contribution < -0.4 is 4.90 Å². The lowest BCUT2D eigenvalue weighted by atomic mass is 9.95. The van der Waals surface area contributed by atoms with E-state index < -0.39 is 0 Å². The molecule has 31 heavy (non-hydrogen) atoms. The van der Waals surface area contributed by atoms with Crippen LogP contribution in [0.15, 0.2) is 36.5 Å². The van der Waals surface area contributed by atoms with Crippen molar-refractivity contribution in [1.29, 1.82) is 0 Å². The molecule has 0 N–H and O–H groups in total. The van der Waals surface area contributed by atoms with Crippen LogP contribution in [0.1, 0.15) is 49.3 Å². The lowest BCUT2D eigenvalue weighted by Crippen LogP contribution is -2.34. The van der Waals surface area contributed by atoms with Gasteiger partial charge in [0.15, 0.2) is 11.6 Å². The summed E-state index contributed by atoms with van der Waals surface area (Å²) in [5, 5.41) is 18.0. The van der Waals surface area contributed by atoms with Crippen LogP contribution in [-0.4, -0.2) is 48.9 Å². The zero-order valence-corrected chi connectivity index (χ0v) is 18.2. The quantitative estimate of drug-likeness (QED) is 0.625. The number of rotatable bonds is 3. The Bertz CT molecular complexity index is 1090. The van der Waals surface area contributed by atoms with Crippen LogP contribution in [0.5, 0.6) is 0 Å². The Labute approximate surface area is 185 Å². The summed E-state index contributed by atoms with van der Waals surface area (Å²) in [7, 11) is 0. The first-order valence-electron chi connectivity index (χ1n) is 10.7. The number of fused-ring (bicyclic) bond motifs is 3. The number of hydrogen-bond donors (Lipinski definition) is 0. The molecule has 1 aromatic carbocycles. The monoisotopic (exact) mass is 437 g/mol. The van der Waals surface area contributed by atoms with E-state index in [-0.39, 0.29) is 11.8 Å². The molecular weight excluding hydrogens is 414 g/mol. The number of piperidine rings is 1. The van der Waals surface area contributed by atoms with Crippen LogP contribution in [0.4, 0.5) is 5.82 Å². The van der Waals surface area contributed by atoms with Gasteiger partial charge >= 0.3 is 0 Å². The summed E-state index contributed by atoms with van der Waals surface area (Å²) >= 11 is 6.29. The number of carbonyl (C=O) groups is 1. The first-order chi connectivity index (χ1) is 15.1. The second kappa shape index (κ2) is 8.26. The van der Waals surface area contributed by atoms with Gasteiger partial charge in [0.25, 0.3) is 0 Å². The first kappa shape index (κ1) is 19.9. The summed E-state index contributed by atoms with van der Waals surface area (Å²) in [6.07, 6.45) is 4.06. The number of benzene rings is 1. The van der Waals surface area contributed by atoms with Gasteiger partial charge in [-0.15, -0.1) is 15.3 Å². The molecule has 9 heteroatoms. The van der Waals surface area contributed by atoms with Gasteiger partial charge in [-0.25, -0.2) is 0 Å². The minimum absolute atomic E-state index is 0.0983. The van der Waals surface area contributed by atoms with Crippen LogP contribution in [0.25, 0.3) is 5.69 Å². The highest BCUT2D eigenvalue weighted by atomic mass is 35.5. The molecule has 0 aliphatic carbocycles. The summed E-state index contributed by atoms with van der Waals surface area (Å²) in [4.78, 5) is 16.6. The predicted octanol–water partition coefficient (Wildman–Crippen LogP) is 3.35. The van der Waals surface area contributed by atoms with Gasteiger partial charge in [0.1, 0.15) is 5.82 Å². The Morgan fingerprint density at radius 1 is 1.13 bits per heavy atom. The second-order valence-electron chi connectivity index (χ2n) is 8.03. The zero-order chi connectivity index (χ0) is 21.4. The van der Waals surface area contributed by atoms with Gasteiger partial charge in [-0.2, -0.15) is 5.10 Å². The topological polar surface area (TPSA) is 80.0 Å². The van der Waals surface area contributed by atoms with E-state index in [4.69, 9.17) is 11.6 Å². The van der Waals surface area contributed by atoms with E-state index in [1.807, 2.05) is 42.2 Å². The average Bonchev–Trinajstić information content (AvgIpc) is 3.15. The predicted molar refractivity (Wildman–Crippen MR) is 117 cm³/mol. The molecule has 3 aromatic rings. The van der Waals surface area contributed by atoms with Gasteiger partial charge in [-0.05, 0) is 48.7 Å². The van der Waals surface area contributed by atoms with Crippen LogP contribution in [0.2, 0.25) is 5.02 Å². The summed E-state index contributed by atoms with van der Waals surface area (Å²) in [6.45, 7) is 4.63. The molecule has 0 atom stereocenters. The summed E-state index contributed by atoms with van der Waals surface area (Å²) in [6, 6.07) is 9.76. The number of carbonyl (C=O) groups excluding carboxylic acids is 1. The minimum Gasteiger partial charge on any atom is -0.355 e. The van der Waals surface area contributed by atoms with Crippen molar-refractivity contribution in [2.75, 3.05) is 18.0 Å². The van der Waals surface area contributed by atoms with Gasteiger partial charge in [0, 0.05) is 43.2 Å². The Balaban J connectivity index is 1.47. The van der Waals surface area contributed by atoms with Gasteiger partial charge < -0.3 is 9.80 Å². The zero-order valence-electron chi connectivity index (χ0n) is 17.4. The van der Waals surface area contributed by atoms with E-state index in [0.29, 0.717) is 24.5 Å². The van der Waals surface area contributed by atoms with Gasteiger partial charge in [-0.1, -0.05) is 18.5 Å². The molecule has 0 radical (unpaired) electrons. The van der Waals surface area contributed by atoms with E-state index >= 15 is 0 Å². The van der Waals surface area contributed by atoms with Crippen molar-refractivity contribution in [3.63, 3.8) is 0 Å². The largest absolute Gasteiger partial charge is 0.355 e. The standard InChI is InChI=1S/C22H24ClN7O/c1-2-21(31)29-13-16-12-17(23)5-6-18(16)30-20(14-29)26-27-22(30)15-7-10-28(11-8-15)19-4-3-9-24-25-19/h3-6,9,12,15H,2,7-8,10-11,13-14H2,1H3. The number of amides is 1. The molecule has 0 spiro atoms. The Kier molecular flexibility index (Phi) is 5.31. The van der Waals surface area contributed by atoms with Crippen molar-refractivity contribution in [3.8, 4) is 5.69 Å². The molecule has 2 aliphatic rings. The maximum atomic E-state index is 12.5. The van der Waals surface area contributed by atoms with E-state index in [0.717, 1.165) is 54.6 Å². The van der Waals surface area contributed by atoms with Crippen LogP contribution in [0.3, 0.4) is 0 Å². The number of nitrogens with zero attached hydrogens (tertiary/aromatic N) is 7. The maximum Gasteiger partial charge on any atom is 0.222 e. The van der Waals surface area contributed by atoms with Crippen molar-refractivity contribution >= 4 is 23.3 Å². The number of halogens is 1. The Morgan fingerprint density at radius 2 is 1.97 bits per heavy atom. The lowest BCUT2D eigenvalue weighted by molar-refractivity contribution is -0.132. The third kappa shape index (κ3) is 3.76. The summed E-state index contributed by atoms with van der Waals surface area (Å²) in [5.74, 6) is 3.06. The minimum atomic E-state index is 0.0983. The molecule has 4 heterocycles. The highest BCUT2D eigenvalue weighted by molar-refractivity contribution is 6.30. The smallest absolute Gasteiger partial charge is 0.222 e. The molecule has 160 valence electrons. The van der Waals surface area contributed by atoms with Crippen molar-refractivity contribution < 1.29 is 4.79 Å². The second-order valence-corrected chi connectivity index (χ2v) is 8.47. The molecule has 5 rings (SSSR count). The molecule has 1 amide bonds. The SMILES string of the molecule is CCC(=O)N1Cc2cc(Cl)ccc2-n2c(nnc2C2CCN(c3cccnn3)CC2)C1. The Morgan fingerprint density at radius 3 is 2.71 bits per heavy atom. The van der Waals surface area contributed by atoms with Gasteiger partial charge in [0.2, 0.25) is 5.91 Å². The molecule has 1 saturated heterocycles. The number of anilines is 1. The highest BCUT2D eigenvalue weighted by Crippen LogP contribution is 2.34. The van der Waals surface area contributed by atoms with Crippen molar-refractivity contribution in [3.05, 3.63) is 58.8 Å². The molecule has 2 aromatic heterocycles. The van der Waals surface area contributed by atoms with Gasteiger partial charge in [-0.3, -0.25) is 9.36 Å². The molecule has 0 unspecified atom stereocenters. The molecule has 0 saturated carbocycles. The van der Waals surface area contributed by atoms with Crippen LogP contribution in [0, 0.1) is 0 Å². The van der Waals surface area contributed by atoms with E-state index in [1.54, 1.807) is 6.20 Å².